The molecule has 0 N–H and O–H groups in total. The number of halogens is 6. The van der Waals surface area contributed by atoms with Crippen LogP contribution in [-0.4, -0.2) is 0 Å². The van der Waals surface area contributed by atoms with Crippen molar-refractivity contribution in [1.29, 1.82) is 0 Å². The van der Waals surface area contributed by atoms with Crippen LogP contribution in [0.3, 0.4) is 0 Å². The molecule has 1 spiro atoms. The van der Waals surface area contributed by atoms with E-state index >= 15 is 0 Å². The molecule has 9 aromatic carbocycles. The van der Waals surface area contributed by atoms with Gasteiger partial charge in [0.15, 0.2) is 0 Å². The quantitative estimate of drug-likeness (QED) is 0.154. The molecular formula is C55H34F6N2. The molecule has 0 heterocycles. The summed E-state index contributed by atoms with van der Waals surface area (Å²) in [6.07, 6.45) is -9.27. The van der Waals surface area contributed by atoms with Gasteiger partial charge in [-0.05, 0) is 117 Å². The lowest BCUT2D eigenvalue weighted by molar-refractivity contribution is -0.137. The second-order valence-corrected chi connectivity index (χ2v) is 15.8. The standard InChI is InChI=1S/C55H34F6N2/c56-54(57,58)45-25-11-13-28-50(45)62(35-16-3-1-4-17-35)37-30-31-40-41-32-33-49(63(36-18-5-2-6-19-36)51-29-14-12-26-46(51)55(59,60)61)42-22-15-27-47(52(41)42)53(48(40)34-37)43-23-9-7-20-38(43)39-21-8-10-24-44(39)53/h1-34H. The van der Waals surface area contributed by atoms with E-state index in [1.807, 2.05) is 103 Å². The first-order valence-corrected chi connectivity index (χ1v) is 20.5. The van der Waals surface area contributed by atoms with E-state index in [9.17, 15) is 26.3 Å². The van der Waals surface area contributed by atoms with Crippen LogP contribution >= 0.6 is 0 Å². The zero-order chi connectivity index (χ0) is 43.1. The van der Waals surface area contributed by atoms with Gasteiger partial charge in [-0.1, -0.05) is 140 Å². The van der Waals surface area contributed by atoms with Crippen LogP contribution in [0.25, 0.3) is 33.0 Å². The van der Waals surface area contributed by atoms with Crippen LogP contribution in [0, 0.1) is 0 Å². The van der Waals surface area contributed by atoms with Gasteiger partial charge in [-0.15, -0.1) is 0 Å². The lowest BCUT2D eigenvalue weighted by Gasteiger charge is -2.41. The maximum absolute atomic E-state index is 14.9. The summed E-state index contributed by atoms with van der Waals surface area (Å²) in [5, 5.41) is 1.61. The third-order valence-corrected chi connectivity index (χ3v) is 12.5. The Morgan fingerprint density at radius 1 is 0.317 bits per heavy atom. The van der Waals surface area contributed by atoms with Gasteiger partial charge in [0, 0.05) is 22.4 Å². The molecular weight excluding hydrogens is 803 g/mol. The fourth-order valence-corrected chi connectivity index (χ4v) is 10.1. The van der Waals surface area contributed by atoms with Crippen LogP contribution in [0.15, 0.2) is 206 Å². The molecule has 2 aliphatic carbocycles. The van der Waals surface area contributed by atoms with Crippen molar-refractivity contribution in [2.45, 2.75) is 17.8 Å². The van der Waals surface area contributed by atoms with Gasteiger partial charge in [0.2, 0.25) is 0 Å². The first kappa shape index (κ1) is 38.3. The fraction of sp³-hybridized carbons (Fsp3) is 0.0545. The van der Waals surface area contributed by atoms with Gasteiger partial charge < -0.3 is 9.80 Å². The Morgan fingerprint density at radius 3 is 1.37 bits per heavy atom. The molecule has 0 fully saturated rings. The minimum atomic E-state index is -4.64. The number of alkyl halides is 6. The zero-order valence-electron chi connectivity index (χ0n) is 33.3. The third kappa shape index (κ3) is 5.81. The van der Waals surface area contributed by atoms with E-state index in [1.165, 1.54) is 24.3 Å². The molecule has 0 aromatic heterocycles. The molecule has 306 valence electrons. The van der Waals surface area contributed by atoms with E-state index in [1.54, 1.807) is 46.2 Å². The Hall–Kier alpha value is -7.58. The number of nitrogens with zero attached hydrogens (tertiary/aromatic N) is 2. The SMILES string of the molecule is FC(F)(F)c1ccccc1N(c1ccccc1)c1ccc2c(c1)C1(c3ccccc3-c3ccccc31)c1cccc3c(N(c4ccccc4)c4ccccc4C(F)(F)F)ccc-2c13. The maximum Gasteiger partial charge on any atom is 0.418 e. The second-order valence-electron chi connectivity index (χ2n) is 15.8. The van der Waals surface area contributed by atoms with Crippen molar-refractivity contribution < 1.29 is 26.3 Å². The highest BCUT2D eigenvalue weighted by atomic mass is 19.4. The minimum Gasteiger partial charge on any atom is -0.310 e. The molecule has 11 rings (SSSR count). The fourth-order valence-electron chi connectivity index (χ4n) is 10.1. The molecule has 0 atom stereocenters. The summed E-state index contributed by atoms with van der Waals surface area (Å²) in [7, 11) is 0. The summed E-state index contributed by atoms with van der Waals surface area (Å²) >= 11 is 0. The van der Waals surface area contributed by atoms with E-state index in [-0.39, 0.29) is 11.4 Å². The predicted octanol–water partition coefficient (Wildman–Crippen LogP) is 16.2. The van der Waals surface area contributed by atoms with Crippen LogP contribution in [0.2, 0.25) is 0 Å². The average molecular weight is 837 g/mol. The molecule has 0 saturated carbocycles. The maximum atomic E-state index is 14.9. The topological polar surface area (TPSA) is 6.48 Å². The summed E-state index contributed by atoms with van der Waals surface area (Å²) < 4.78 is 89.3. The Morgan fingerprint density at radius 2 is 0.778 bits per heavy atom. The molecule has 0 aliphatic heterocycles. The molecule has 8 heteroatoms. The van der Waals surface area contributed by atoms with Crippen LogP contribution in [0.4, 0.5) is 60.5 Å². The monoisotopic (exact) mass is 836 g/mol. The predicted molar refractivity (Wildman–Crippen MR) is 240 cm³/mol. The number of benzene rings is 9. The summed E-state index contributed by atoms with van der Waals surface area (Å²) in [6.45, 7) is 0. The first-order valence-electron chi connectivity index (χ1n) is 20.5. The third-order valence-electron chi connectivity index (χ3n) is 12.5. The van der Waals surface area contributed by atoms with Crippen molar-refractivity contribution in [3.63, 3.8) is 0 Å². The van der Waals surface area contributed by atoms with Gasteiger partial charge in [-0.25, -0.2) is 0 Å². The molecule has 0 bridgehead atoms. The summed E-state index contributed by atoms with van der Waals surface area (Å²) in [5.41, 5.74) is 7.20. The van der Waals surface area contributed by atoms with Crippen molar-refractivity contribution in [3.8, 4) is 22.3 Å². The number of hydrogen-bond acceptors (Lipinski definition) is 2. The van der Waals surface area contributed by atoms with Crippen LogP contribution < -0.4 is 9.80 Å². The van der Waals surface area contributed by atoms with Gasteiger partial charge in [-0.2, -0.15) is 26.3 Å². The molecule has 2 nitrogen and oxygen atoms in total. The molecule has 0 amide bonds. The zero-order valence-corrected chi connectivity index (χ0v) is 33.3. The molecule has 2 aliphatic rings. The summed E-state index contributed by atoms with van der Waals surface area (Å²) in [4.78, 5) is 3.35. The Bertz CT molecular complexity index is 3180. The van der Waals surface area contributed by atoms with Gasteiger partial charge >= 0.3 is 12.4 Å². The van der Waals surface area contributed by atoms with Crippen LogP contribution in [0.1, 0.15) is 33.4 Å². The van der Waals surface area contributed by atoms with E-state index < -0.39 is 28.9 Å². The highest BCUT2D eigenvalue weighted by Gasteiger charge is 2.50. The van der Waals surface area contributed by atoms with E-state index in [0.717, 1.165) is 67.4 Å². The Balaban J connectivity index is 1.25. The Labute approximate surface area is 359 Å². The van der Waals surface area contributed by atoms with Crippen LogP contribution in [-0.2, 0) is 17.8 Å². The van der Waals surface area contributed by atoms with Crippen molar-refractivity contribution in [2.24, 2.45) is 0 Å². The molecule has 0 unspecified atom stereocenters. The number of anilines is 6. The average Bonchev–Trinajstić information content (AvgIpc) is 3.60. The number of fused-ring (bicyclic) bond motifs is 9. The molecule has 0 radical (unpaired) electrons. The Kier molecular flexibility index (Phi) is 8.67. The van der Waals surface area contributed by atoms with Gasteiger partial charge in [0.1, 0.15) is 0 Å². The second kappa shape index (κ2) is 14.2. The normalized spacial score (nSPS) is 13.4. The van der Waals surface area contributed by atoms with Crippen molar-refractivity contribution in [1.82, 2.24) is 0 Å². The number of rotatable bonds is 6. The number of para-hydroxylation sites is 4. The lowest BCUT2D eigenvalue weighted by Crippen LogP contribution is -2.32. The first-order chi connectivity index (χ1) is 30.6. The highest BCUT2D eigenvalue weighted by molar-refractivity contribution is 6.12. The van der Waals surface area contributed by atoms with Gasteiger partial charge in [-0.3, -0.25) is 0 Å². The molecule has 9 aromatic rings. The van der Waals surface area contributed by atoms with E-state index in [0.29, 0.717) is 22.7 Å². The van der Waals surface area contributed by atoms with E-state index in [4.69, 9.17) is 0 Å². The largest absolute Gasteiger partial charge is 0.418 e. The number of hydrogen-bond donors (Lipinski definition) is 0. The lowest BCUT2D eigenvalue weighted by atomic mass is 9.61. The van der Waals surface area contributed by atoms with Crippen molar-refractivity contribution in [3.05, 3.63) is 240 Å². The summed E-state index contributed by atoms with van der Waals surface area (Å²) in [5.74, 6) is 0. The summed E-state index contributed by atoms with van der Waals surface area (Å²) in [6, 6.07) is 61.5. The van der Waals surface area contributed by atoms with Crippen molar-refractivity contribution in [2.75, 3.05) is 9.80 Å². The van der Waals surface area contributed by atoms with Gasteiger partial charge in [0.05, 0.1) is 33.6 Å². The van der Waals surface area contributed by atoms with Crippen LogP contribution in [0.5, 0.6) is 0 Å². The van der Waals surface area contributed by atoms with Gasteiger partial charge in [0.25, 0.3) is 0 Å². The van der Waals surface area contributed by atoms with Crippen molar-refractivity contribution >= 4 is 44.9 Å². The molecule has 0 saturated heterocycles. The van der Waals surface area contributed by atoms with E-state index in [2.05, 4.69) is 30.3 Å². The smallest absolute Gasteiger partial charge is 0.310 e. The minimum absolute atomic E-state index is 0.0100. The molecule has 63 heavy (non-hydrogen) atoms. The highest BCUT2D eigenvalue weighted by Crippen LogP contribution is 2.63.